The van der Waals surface area contributed by atoms with Gasteiger partial charge in [-0.1, -0.05) is 0 Å². The maximum atomic E-state index is 9.73. The molecule has 0 aliphatic heterocycles. The van der Waals surface area contributed by atoms with Gasteiger partial charge in [-0.05, 0) is 6.92 Å². The average Bonchev–Trinajstić information content (AvgIpc) is 2.63. The minimum absolute atomic E-state index is 0.102. The van der Waals surface area contributed by atoms with Crippen LogP contribution in [0.4, 0.5) is 0 Å². The number of aliphatic hydroxyl groups is 1. The number of rotatable bonds is 2. The van der Waals surface area contributed by atoms with Crippen LogP contribution in [0.5, 0.6) is 0 Å². The number of nitriles is 1. The zero-order valence-electron chi connectivity index (χ0n) is 7.64. The van der Waals surface area contributed by atoms with Gasteiger partial charge in [-0.25, -0.2) is 4.98 Å². The van der Waals surface area contributed by atoms with Crippen LogP contribution in [0.2, 0.25) is 0 Å². The smallest absolute Gasteiger partial charge is 0.194 e. The molecule has 0 bridgehead atoms. The van der Waals surface area contributed by atoms with Gasteiger partial charge in [0.1, 0.15) is 6.10 Å². The Balaban J connectivity index is 2.54. The van der Waals surface area contributed by atoms with Crippen LogP contribution in [-0.2, 0) is 0 Å². The Morgan fingerprint density at radius 2 is 2.57 bits per heavy atom. The summed E-state index contributed by atoms with van der Waals surface area (Å²) in [7, 11) is 0. The summed E-state index contributed by atoms with van der Waals surface area (Å²) in [6.45, 7) is 1.84. The second-order valence-electron chi connectivity index (χ2n) is 3.02. The van der Waals surface area contributed by atoms with Crippen LogP contribution in [-0.4, -0.2) is 14.5 Å². The number of aromatic nitrogens is 2. The van der Waals surface area contributed by atoms with Crippen LogP contribution in [0.1, 0.15) is 23.9 Å². The summed E-state index contributed by atoms with van der Waals surface area (Å²) in [5.74, 6) is 0. The third kappa shape index (κ3) is 1.29. The van der Waals surface area contributed by atoms with E-state index in [4.69, 9.17) is 5.26 Å². The molecule has 0 spiro atoms. The number of thiazole rings is 1. The fourth-order valence-electron chi connectivity index (χ4n) is 1.50. The molecule has 1 N–H and O–H groups in total. The number of nitrogens with zero attached hydrogens (tertiary/aromatic N) is 3. The number of imidazole rings is 1. The van der Waals surface area contributed by atoms with E-state index in [-0.39, 0.29) is 6.42 Å². The lowest BCUT2D eigenvalue weighted by molar-refractivity contribution is 0.177. The summed E-state index contributed by atoms with van der Waals surface area (Å²) in [4.78, 5) is 5.14. The number of hydrogen-bond donors (Lipinski definition) is 1. The maximum Gasteiger partial charge on any atom is 0.194 e. The zero-order chi connectivity index (χ0) is 10.1. The van der Waals surface area contributed by atoms with E-state index in [1.165, 1.54) is 11.3 Å². The first-order valence-electron chi connectivity index (χ1n) is 4.21. The Morgan fingerprint density at radius 1 is 1.79 bits per heavy atom. The molecule has 14 heavy (non-hydrogen) atoms. The normalized spacial score (nSPS) is 12.9. The molecular weight excluding hydrogens is 198 g/mol. The van der Waals surface area contributed by atoms with Crippen LogP contribution in [0.3, 0.4) is 0 Å². The molecule has 2 aromatic rings. The first-order valence-corrected chi connectivity index (χ1v) is 5.09. The van der Waals surface area contributed by atoms with Crippen molar-refractivity contribution in [2.75, 3.05) is 0 Å². The largest absolute Gasteiger partial charge is 0.386 e. The Kier molecular flexibility index (Phi) is 2.23. The highest BCUT2D eigenvalue weighted by atomic mass is 32.1. The first kappa shape index (κ1) is 9.19. The third-order valence-electron chi connectivity index (χ3n) is 2.08. The molecule has 0 saturated carbocycles. The predicted molar refractivity (Wildman–Crippen MR) is 53.0 cm³/mol. The van der Waals surface area contributed by atoms with Crippen molar-refractivity contribution in [3.63, 3.8) is 0 Å². The minimum Gasteiger partial charge on any atom is -0.386 e. The highest BCUT2D eigenvalue weighted by molar-refractivity contribution is 7.15. The Morgan fingerprint density at radius 3 is 3.29 bits per heavy atom. The Labute approximate surface area is 85.1 Å². The van der Waals surface area contributed by atoms with Gasteiger partial charge in [0.25, 0.3) is 0 Å². The molecule has 4 nitrogen and oxygen atoms in total. The molecule has 1 unspecified atom stereocenters. The third-order valence-corrected chi connectivity index (χ3v) is 2.84. The van der Waals surface area contributed by atoms with E-state index >= 15 is 0 Å². The number of aryl methyl sites for hydroxylation is 1. The lowest BCUT2D eigenvalue weighted by Crippen LogP contribution is -2.01. The highest BCUT2D eigenvalue weighted by Crippen LogP contribution is 2.24. The second kappa shape index (κ2) is 3.40. The minimum atomic E-state index is -0.746. The van der Waals surface area contributed by atoms with Crippen molar-refractivity contribution >= 4 is 16.3 Å². The molecule has 0 aliphatic carbocycles. The van der Waals surface area contributed by atoms with Crippen LogP contribution >= 0.6 is 11.3 Å². The van der Waals surface area contributed by atoms with Gasteiger partial charge in [0.2, 0.25) is 0 Å². The first-order chi connectivity index (χ1) is 6.74. The van der Waals surface area contributed by atoms with Crippen molar-refractivity contribution in [1.29, 1.82) is 5.26 Å². The standard InChI is InChI=1S/C9H9N3OS/c1-6-8(7(13)2-3-10)12-4-5-14-9(12)11-6/h4-5,7,13H,2H2,1H3. The van der Waals surface area contributed by atoms with Crippen molar-refractivity contribution in [3.8, 4) is 6.07 Å². The monoisotopic (exact) mass is 207 g/mol. The summed E-state index contributed by atoms with van der Waals surface area (Å²) >= 11 is 1.52. The molecule has 0 fully saturated rings. The van der Waals surface area contributed by atoms with Crippen LogP contribution < -0.4 is 0 Å². The van der Waals surface area contributed by atoms with Crippen molar-refractivity contribution in [2.45, 2.75) is 19.4 Å². The number of hydrogen-bond acceptors (Lipinski definition) is 4. The topological polar surface area (TPSA) is 61.3 Å². The molecule has 72 valence electrons. The van der Waals surface area contributed by atoms with Crippen molar-refractivity contribution in [1.82, 2.24) is 9.38 Å². The van der Waals surface area contributed by atoms with E-state index in [1.807, 2.05) is 29.0 Å². The van der Waals surface area contributed by atoms with Crippen LogP contribution in [0, 0.1) is 18.3 Å². The molecule has 0 aliphatic rings. The van der Waals surface area contributed by atoms with E-state index in [2.05, 4.69) is 4.98 Å². The Bertz CT molecular complexity index is 494. The van der Waals surface area contributed by atoms with Gasteiger partial charge in [0.05, 0.1) is 23.9 Å². The van der Waals surface area contributed by atoms with Gasteiger partial charge >= 0.3 is 0 Å². The van der Waals surface area contributed by atoms with Crippen molar-refractivity contribution < 1.29 is 5.11 Å². The second-order valence-corrected chi connectivity index (χ2v) is 3.89. The average molecular weight is 207 g/mol. The lowest BCUT2D eigenvalue weighted by Gasteiger charge is -2.05. The highest BCUT2D eigenvalue weighted by Gasteiger charge is 2.17. The van der Waals surface area contributed by atoms with E-state index in [1.54, 1.807) is 0 Å². The summed E-state index contributed by atoms with van der Waals surface area (Å²) in [6.07, 6.45) is 1.21. The predicted octanol–water partition coefficient (Wildman–Crippen LogP) is 1.65. The molecule has 2 rings (SSSR count). The van der Waals surface area contributed by atoms with Gasteiger partial charge in [0, 0.05) is 11.6 Å². The van der Waals surface area contributed by atoms with E-state index in [0.717, 1.165) is 16.3 Å². The fraction of sp³-hybridized carbons (Fsp3) is 0.333. The quantitative estimate of drug-likeness (QED) is 0.814. The lowest BCUT2D eigenvalue weighted by atomic mass is 10.1. The summed E-state index contributed by atoms with van der Waals surface area (Å²) in [5, 5.41) is 20.1. The van der Waals surface area contributed by atoms with Crippen molar-refractivity contribution in [3.05, 3.63) is 23.0 Å². The SMILES string of the molecule is Cc1nc2sccn2c1C(O)CC#N. The molecule has 1 atom stereocenters. The van der Waals surface area contributed by atoms with Gasteiger partial charge in [-0.15, -0.1) is 11.3 Å². The number of fused-ring (bicyclic) bond motifs is 1. The molecular formula is C9H9N3OS. The molecule has 0 radical (unpaired) electrons. The molecule has 5 heteroatoms. The van der Waals surface area contributed by atoms with E-state index in [9.17, 15) is 5.11 Å². The van der Waals surface area contributed by atoms with Crippen LogP contribution in [0.15, 0.2) is 11.6 Å². The van der Waals surface area contributed by atoms with Gasteiger partial charge in [0.15, 0.2) is 4.96 Å². The summed E-state index contributed by atoms with van der Waals surface area (Å²) < 4.78 is 1.84. The van der Waals surface area contributed by atoms with Gasteiger partial charge in [-0.3, -0.25) is 4.40 Å². The molecule has 0 aromatic carbocycles. The summed E-state index contributed by atoms with van der Waals surface area (Å²) in [5.41, 5.74) is 1.52. The fourth-order valence-corrected chi connectivity index (χ4v) is 2.26. The van der Waals surface area contributed by atoms with E-state index < -0.39 is 6.10 Å². The number of aliphatic hydroxyl groups excluding tert-OH is 1. The molecule has 2 aromatic heterocycles. The van der Waals surface area contributed by atoms with Gasteiger partial charge < -0.3 is 5.11 Å². The summed E-state index contributed by atoms with van der Waals surface area (Å²) in [6, 6.07) is 1.95. The maximum absolute atomic E-state index is 9.73. The van der Waals surface area contributed by atoms with Crippen molar-refractivity contribution in [2.24, 2.45) is 0 Å². The Hall–Kier alpha value is -1.38. The molecule has 0 amide bonds. The molecule has 2 heterocycles. The van der Waals surface area contributed by atoms with E-state index in [0.29, 0.717) is 0 Å². The van der Waals surface area contributed by atoms with Crippen LogP contribution in [0.25, 0.3) is 4.96 Å². The zero-order valence-corrected chi connectivity index (χ0v) is 8.45. The molecule has 0 saturated heterocycles. The van der Waals surface area contributed by atoms with Gasteiger partial charge in [-0.2, -0.15) is 5.26 Å².